The summed E-state index contributed by atoms with van der Waals surface area (Å²) in [6.07, 6.45) is 0.886. The number of methoxy groups -OCH3 is 2. The molecule has 0 fully saturated rings. The molecule has 0 unspecified atom stereocenters. The highest BCUT2D eigenvalue weighted by Gasteiger charge is 2.23. The summed E-state index contributed by atoms with van der Waals surface area (Å²) in [7, 11) is -0.392. The van der Waals surface area contributed by atoms with Gasteiger partial charge >= 0.3 is 0 Å². The average molecular weight is 301 g/mol. The van der Waals surface area contributed by atoms with Crippen LogP contribution >= 0.6 is 0 Å². The molecule has 1 aromatic rings. The normalized spacial score (nSPS) is 12.0. The first-order valence-corrected chi connectivity index (χ1v) is 8.07. The summed E-state index contributed by atoms with van der Waals surface area (Å²) < 4.78 is 36.5. The minimum Gasteiger partial charge on any atom is -0.383 e. The summed E-state index contributed by atoms with van der Waals surface area (Å²) in [4.78, 5) is 0.307. The van der Waals surface area contributed by atoms with Crippen LogP contribution in [0.5, 0.6) is 0 Å². The molecule has 1 rings (SSSR count). The van der Waals surface area contributed by atoms with Crippen molar-refractivity contribution in [1.29, 1.82) is 0 Å². The summed E-state index contributed by atoms with van der Waals surface area (Å²) in [5.74, 6) is 0. The van der Waals surface area contributed by atoms with Crippen LogP contribution in [0.25, 0.3) is 0 Å². The molecule has 0 aliphatic rings. The largest absolute Gasteiger partial charge is 0.383 e. The zero-order valence-corrected chi connectivity index (χ0v) is 13.1. The Balaban J connectivity index is 2.94. The third kappa shape index (κ3) is 4.56. The number of rotatable bonds is 9. The molecule has 0 aliphatic carbocycles. The van der Waals surface area contributed by atoms with Gasteiger partial charge in [-0.25, -0.2) is 8.42 Å². The summed E-state index contributed by atoms with van der Waals surface area (Å²) in [5, 5.41) is 0. The molecule has 0 saturated heterocycles. The van der Waals surface area contributed by atoms with Crippen molar-refractivity contribution >= 4 is 10.0 Å². The fourth-order valence-electron chi connectivity index (χ4n) is 1.78. The van der Waals surface area contributed by atoms with Crippen molar-refractivity contribution in [2.24, 2.45) is 0 Å². The second kappa shape index (κ2) is 8.36. The van der Waals surface area contributed by atoms with E-state index >= 15 is 0 Å². The number of nitrogens with zero attached hydrogens (tertiary/aromatic N) is 1. The standard InChI is InChI=1S/C14H23NO4S/c1-4-13-5-7-14(8-6-13)20(16,17)15(9-11-18-2)10-12-19-3/h5-8H,4,9-12H2,1-3H3. The number of hydrogen-bond donors (Lipinski definition) is 0. The molecule has 0 spiro atoms. The second-order valence-corrected chi connectivity index (χ2v) is 6.33. The Morgan fingerprint density at radius 3 is 1.90 bits per heavy atom. The Bertz CT molecular complexity index is 476. The molecule has 0 heterocycles. The summed E-state index contributed by atoms with van der Waals surface area (Å²) in [6, 6.07) is 7.00. The number of hydrogen-bond acceptors (Lipinski definition) is 4. The molecule has 0 bridgehead atoms. The van der Waals surface area contributed by atoms with Gasteiger partial charge in [0.2, 0.25) is 10.0 Å². The predicted octanol–water partition coefficient (Wildman–Crippen LogP) is 1.53. The Hall–Kier alpha value is -0.950. The van der Waals surface area contributed by atoms with E-state index in [9.17, 15) is 8.42 Å². The van der Waals surface area contributed by atoms with Crippen LogP contribution in [0.2, 0.25) is 0 Å². The molecule has 0 saturated carbocycles. The third-order valence-electron chi connectivity index (χ3n) is 3.06. The zero-order valence-electron chi connectivity index (χ0n) is 12.3. The van der Waals surface area contributed by atoms with Crippen LogP contribution in [0.15, 0.2) is 29.2 Å². The minimum absolute atomic E-state index is 0.307. The van der Waals surface area contributed by atoms with Crippen molar-refractivity contribution < 1.29 is 17.9 Å². The molecule has 5 nitrogen and oxygen atoms in total. The van der Waals surface area contributed by atoms with E-state index < -0.39 is 10.0 Å². The van der Waals surface area contributed by atoms with Gasteiger partial charge in [0.05, 0.1) is 18.1 Å². The lowest BCUT2D eigenvalue weighted by molar-refractivity contribution is 0.150. The zero-order chi connectivity index (χ0) is 15.0. The van der Waals surface area contributed by atoms with Crippen molar-refractivity contribution in [3.63, 3.8) is 0 Å². The van der Waals surface area contributed by atoms with E-state index in [0.717, 1.165) is 12.0 Å². The van der Waals surface area contributed by atoms with E-state index in [1.54, 1.807) is 26.4 Å². The summed E-state index contributed by atoms with van der Waals surface area (Å²) in [5.41, 5.74) is 1.12. The van der Waals surface area contributed by atoms with Gasteiger partial charge < -0.3 is 9.47 Å². The van der Waals surface area contributed by atoms with Crippen molar-refractivity contribution in [3.05, 3.63) is 29.8 Å². The predicted molar refractivity (Wildman–Crippen MR) is 78.3 cm³/mol. The first-order chi connectivity index (χ1) is 9.56. The van der Waals surface area contributed by atoms with Crippen LogP contribution < -0.4 is 0 Å². The fraction of sp³-hybridized carbons (Fsp3) is 0.571. The molecule has 114 valence electrons. The third-order valence-corrected chi connectivity index (χ3v) is 4.97. The van der Waals surface area contributed by atoms with Gasteiger partial charge in [0.25, 0.3) is 0 Å². The van der Waals surface area contributed by atoms with E-state index in [2.05, 4.69) is 0 Å². The first kappa shape index (κ1) is 17.1. The van der Waals surface area contributed by atoms with Crippen molar-refractivity contribution in [1.82, 2.24) is 4.31 Å². The molecule has 0 atom stereocenters. The smallest absolute Gasteiger partial charge is 0.243 e. The van der Waals surface area contributed by atoms with Crippen LogP contribution in [0.1, 0.15) is 12.5 Å². The molecule has 0 aliphatic heterocycles. The first-order valence-electron chi connectivity index (χ1n) is 6.63. The number of aryl methyl sites for hydroxylation is 1. The van der Waals surface area contributed by atoms with Gasteiger partial charge in [0.15, 0.2) is 0 Å². The summed E-state index contributed by atoms with van der Waals surface area (Å²) >= 11 is 0. The topological polar surface area (TPSA) is 55.8 Å². The lowest BCUT2D eigenvalue weighted by Crippen LogP contribution is -2.36. The Morgan fingerprint density at radius 2 is 1.50 bits per heavy atom. The lowest BCUT2D eigenvalue weighted by Gasteiger charge is -2.21. The molecular formula is C14H23NO4S. The maximum absolute atomic E-state index is 12.6. The Morgan fingerprint density at radius 1 is 1.00 bits per heavy atom. The van der Waals surface area contributed by atoms with Crippen LogP contribution in [-0.2, 0) is 25.9 Å². The van der Waals surface area contributed by atoms with Crippen molar-refractivity contribution in [2.45, 2.75) is 18.2 Å². The molecule has 6 heteroatoms. The van der Waals surface area contributed by atoms with Gasteiger partial charge in [0.1, 0.15) is 0 Å². The van der Waals surface area contributed by atoms with Gasteiger partial charge in [-0.2, -0.15) is 4.31 Å². The number of sulfonamides is 1. The highest BCUT2D eigenvalue weighted by Crippen LogP contribution is 2.16. The maximum atomic E-state index is 12.6. The van der Waals surface area contributed by atoms with E-state index in [-0.39, 0.29) is 0 Å². The molecule has 0 amide bonds. The Labute approximate surface area is 121 Å². The average Bonchev–Trinajstić information content (AvgIpc) is 2.47. The van der Waals surface area contributed by atoms with E-state index in [1.807, 2.05) is 19.1 Å². The van der Waals surface area contributed by atoms with Gasteiger partial charge in [-0.3, -0.25) is 0 Å². The number of ether oxygens (including phenoxy) is 2. The molecule has 0 radical (unpaired) electrons. The Kier molecular flexibility index (Phi) is 7.15. The van der Waals surface area contributed by atoms with Crippen LogP contribution in [-0.4, -0.2) is 53.2 Å². The van der Waals surface area contributed by atoms with Crippen molar-refractivity contribution in [3.8, 4) is 0 Å². The molecule has 0 N–H and O–H groups in total. The van der Waals surface area contributed by atoms with Gasteiger partial charge in [-0.15, -0.1) is 0 Å². The molecular weight excluding hydrogens is 278 g/mol. The summed E-state index contributed by atoms with van der Waals surface area (Å²) in [6.45, 7) is 3.38. The highest BCUT2D eigenvalue weighted by molar-refractivity contribution is 7.89. The highest BCUT2D eigenvalue weighted by atomic mass is 32.2. The molecule has 0 aromatic heterocycles. The maximum Gasteiger partial charge on any atom is 0.243 e. The molecule has 20 heavy (non-hydrogen) atoms. The van der Waals surface area contributed by atoms with Crippen LogP contribution in [0.4, 0.5) is 0 Å². The minimum atomic E-state index is -3.50. The lowest BCUT2D eigenvalue weighted by atomic mass is 10.2. The van der Waals surface area contributed by atoms with Crippen LogP contribution in [0, 0.1) is 0 Å². The second-order valence-electron chi connectivity index (χ2n) is 4.39. The monoisotopic (exact) mass is 301 g/mol. The quantitative estimate of drug-likeness (QED) is 0.694. The van der Waals surface area contributed by atoms with Gasteiger partial charge in [-0.1, -0.05) is 19.1 Å². The van der Waals surface area contributed by atoms with Gasteiger partial charge in [-0.05, 0) is 24.1 Å². The van der Waals surface area contributed by atoms with E-state index in [4.69, 9.17) is 9.47 Å². The fourth-order valence-corrected chi connectivity index (χ4v) is 3.19. The molecule has 1 aromatic carbocycles. The SMILES string of the molecule is CCc1ccc(S(=O)(=O)N(CCOC)CCOC)cc1. The van der Waals surface area contributed by atoms with Crippen LogP contribution in [0.3, 0.4) is 0 Å². The van der Waals surface area contributed by atoms with Crippen molar-refractivity contribution in [2.75, 3.05) is 40.5 Å². The van der Waals surface area contributed by atoms with Gasteiger partial charge in [0, 0.05) is 27.3 Å². The van der Waals surface area contributed by atoms with E-state index in [0.29, 0.717) is 31.2 Å². The number of benzene rings is 1. The van der Waals surface area contributed by atoms with E-state index in [1.165, 1.54) is 4.31 Å².